The largest absolute Gasteiger partial charge is 0.379 e. The molecule has 128 valence electrons. The molecule has 1 aromatic carbocycles. The molecule has 2 aliphatic rings. The Morgan fingerprint density at radius 3 is 2.96 bits per heavy atom. The summed E-state index contributed by atoms with van der Waals surface area (Å²) in [6.45, 7) is 5.02. The van der Waals surface area contributed by atoms with Crippen LogP contribution in [0.5, 0.6) is 0 Å². The fourth-order valence-electron chi connectivity index (χ4n) is 2.61. The van der Waals surface area contributed by atoms with Crippen molar-refractivity contribution >= 4 is 29.3 Å². The van der Waals surface area contributed by atoms with E-state index in [0.29, 0.717) is 11.4 Å². The maximum atomic E-state index is 12.0. The molecule has 2 N–H and O–H groups in total. The molecule has 1 fully saturated rings. The van der Waals surface area contributed by atoms with Crippen LogP contribution in [0.25, 0.3) is 0 Å². The van der Waals surface area contributed by atoms with Crippen molar-refractivity contribution in [2.24, 2.45) is 0 Å². The summed E-state index contributed by atoms with van der Waals surface area (Å²) in [4.78, 5) is 27.7. The first-order valence-electron chi connectivity index (χ1n) is 8.10. The Bertz CT molecular complexity index is 642. The van der Waals surface area contributed by atoms with Crippen LogP contribution in [-0.2, 0) is 14.3 Å². The molecule has 0 bridgehead atoms. The summed E-state index contributed by atoms with van der Waals surface area (Å²) < 4.78 is 5.30. The maximum absolute atomic E-state index is 12.0. The fourth-order valence-corrected chi connectivity index (χ4v) is 3.53. The summed E-state index contributed by atoms with van der Waals surface area (Å²) in [6, 6.07) is 7.55. The summed E-state index contributed by atoms with van der Waals surface area (Å²) >= 11 is 1.32. The quantitative estimate of drug-likeness (QED) is 0.623. The second-order valence-corrected chi connectivity index (χ2v) is 6.74. The summed E-state index contributed by atoms with van der Waals surface area (Å²) in [7, 11) is 0. The molecule has 0 radical (unpaired) electrons. The topological polar surface area (TPSA) is 70.7 Å². The number of nitrogens with zero attached hydrogens (tertiary/aromatic N) is 1. The summed E-state index contributed by atoms with van der Waals surface area (Å²) in [5, 5.41) is 5.65. The lowest BCUT2D eigenvalue weighted by atomic mass is 10.3. The van der Waals surface area contributed by atoms with Gasteiger partial charge < -0.3 is 15.4 Å². The van der Waals surface area contributed by atoms with Crippen molar-refractivity contribution < 1.29 is 14.3 Å². The van der Waals surface area contributed by atoms with Gasteiger partial charge in [-0.1, -0.05) is 23.9 Å². The van der Waals surface area contributed by atoms with Crippen LogP contribution < -0.4 is 10.6 Å². The van der Waals surface area contributed by atoms with E-state index in [1.165, 1.54) is 17.8 Å². The molecule has 2 heterocycles. The number of nitrogens with one attached hydrogen (secondary N) is 2. The van der Waals surface area contributed by atoms with Crippen LogP contribution in [0.15, 0.2) is 40.1 Å². The molecule has 7 heteroatoms. The molecule has 0 spiro atoms. The average molecular weight is 347 g/mol. The lowest BCUT2D eigenvalue weighted by molar-refractivity contribution is -0.117. The van der Waals surface area contributed by atoms with Gasteiger partial charge in [-0.2, -0.15) is 0 Å². The Labute approximate surface area is 145 Å². The molecular weight excluding hydrogens is 326 g/mol. The third-order valence-electron chi connectivity index (χ3n) is 3.90. The van der Waals surface area contributed by atoms with E-state index in [1.54, 1.807) is 0 Å². The minimum absolute atomic E-state index is 0.228. The van der Waals surface area contributed by atoms with Gasteiger partial charge in [0.2, 0.25) is 5.91 Å². The van der Waals surface area contributed by atoms with E-state index in [9.17, 15) is 9.59 Å². The first-order chi connectivity index (χ1) is 11.7. The van der Waals surface area contributed by atoms with Gasteiger partial charge in [-0.15, -0.1) is 0 Å². The van der Waals surface area contributed by atoms with Gasteiger partial charge in [0, 0.05) is 30.6 Å². The van der Waals surface area contributed by atoms with Crippen molar-refractivity contribution in [2.75, 3.05) is 44.7 Å². The van der Waals surface area contributed by atoms with E-state index in [-0.39, 0.29) is 11.8 Å². The highest BCUT2D eigenvalue weighted by molar-refractivity contribution is 8.04. The van der Waals surface area contributed by atoms with E-state index in [4.69, 9.17) is 4.74 Å². The summed E-state index contributed by atoms with van der Waals surface area (Å²) in [6.07, 6.45) is 2.27. The number of carbonyl (C=O) groups is 2. The van der Waals surface area contributed by atoms with Crippen molar-refractivity contribution in [1.82, 2.24) is 10.2 Å². The van der Waals surface area contributed by atoms with Gasteiger partial charge in [0.05, 0.1) is 23.8 Å². The number of para-hydroxylation sites is 1. The molecule has 0 unspecified atom stereocenters. The summed E-state index contributed by atoms with van der Waals surface area (Å²) in [5.41, 5.74) is 0.788. The first kappa shape index (κ1) is 17.0. The van der Waals surface area contributed by atoms with E-state index in [1.807, 2.05) is 24.3 Å². The molecule has 0 saturated carbocycles. The van der Waals surface area contributed by atoms with Crippen molar-refractivity contribution in [3.05, 3.63) is 35.2 Å². The van der Waals surface area contributed by atoms with Crippen molar-refractivity contribution in [1.29, 1.82) is 0 Å². The van der Waals surface area contributed by atoms with Crippen molar-refractivity contribution in [2.45, 2.75) is 11.3 Å². The van der Waals surface area contributed by atoms with Gasteiger partial charge in [0.15, 0.2) is 0 Å². The van der Waals surface area contributed by atoms with Crippen LogP contribution in [0.1, 0.15) is 6.42 Å². The highest BCUT2D eigenvalue weighted by Crippen LogP contribution is 2.37. The number of carbonyl (C=O) groups excluding carboxylic acids is 2. The van der Waals surface area contributed by atoms with Crippen molar-refractivity contribution in [3.63, 3.8) is 0 Å². The van der Waals surface area contributed by atoms with Crippen LogP contribution in [0.3, 0.4) is 0 Å². The Hall–Kier alpha value is -1.83. The number of morpholine rings is 1. The Morgan fingerprint density at radius 2 is 2.12 bits per heavy atom. The van der Waals surface area contributed by atoms with Gasteiger partial charge in [-0.05, 0) is 25.1 Å². The molecule has 1 aromatic rings. The van der Waals surface area contributed by atoms with E-state index < -0.39 is 0 Å². The lowest BCUT2D eigenvalue weighted by Gasteiger charge is -2.26. The van der Waals surface area contributed by atoms with Gasteiger partial charge in [-0.25, -0.2) is 0 Å². The number of rotatable bonds is 5. The van der Waals surface area contributed by atoms with E-state index >= 15 is 0 Å². The predicted octanol–water partition coefficient (Wildman–Crippen LogP) is 1.45. The van der Waals surface area contributed by atoms with E-state index in [2.05, 4.69) is 15.5 Å². The molecule has 0 aromatic heterocycles. The normalized spacial score (nSPS) is 19.7. The van der Waals surface area contributed by atoms with Gasteiger partial charge >= 0.3 is 0 Å². The van der Waals surface area contributed by atoms with Crippen LogP contribution in [-0.4, -0.2) is 56.1 Å². The molecule has 2 aliphatic heterocycles. The number of ether oxygens (including phenoxy) is 1. The van der Waals surface area contributed by atoms with E-state index in [0.717, 1.165) is 49.9 Å². The molecular formula is C17H21N3O3S. The number of hydrogen-bond acceptors (Lipinski definition) is 5. The predicted molar refractivity (Wildman–Crippen MR) is 93.9 cm³/mol. The van der Waals surface area contributed by atoms with Crippen LogP contribution in [0, 0.1) is 0 Å². The fraction of sp³-hybridized carbons (Fsp3) is 0.412. The first-order valence-corrected chi connectivity index (χ1v) is 8.92. The zero-order chi connectivity index (χ0) is 16.8. The minimum atomic E-state index is -0.234. The van der Waals surface area contributed by atoms with Gasteiger partial charge in [0.1, 0.15) is 0 Å². The third kappa shape index (κ3) is 4.59. The molecule has 3 rings (SSSR count). The molecule has 1 saturated heterocycles. The molecule has 6 nitrogen and oxygen atoms in total. The Morgan fingerprint density at radius 1 is 1.33 bits per heavy atom. The highest BCUT2D eigenvalue weighted by atomic mass is 32.2. The monoisotopic (exact) mass is 347 g/mol. The SMILES string of the molecule is O=C(/C=C1\Sc2ccccc2NC1=O)NCCCN1CCOCC1. The second-order valence-electron chi connectivity index (χ2n) is 5.66. The maximum Gasteiger partial charge on any atom is 0.262 e. The number of anilines is 1. The van der Waals surface area contributed by atoms with Gasteiger partial charge in [0.25, 0.3) is 5.91 Å². The lowest BCUT2D eigenvalue weighted by Crippen LogP contribution is -2.38. The molecule has 0 aliphatic carbocycles. The van der Waals surface area contributed by atoms with Crippen molar-refractivity contribution in [3.8, 4) is 0 Å². The number of thioether (sulfide) groups is 1. The standard InChI is InChI=1S/C17H21N3O3S/c21-16(18-6-3-7-20-8-10-23-11-9-20)12-15-17(22)19-13-4-1-2-5-14(13)24-15/h1-2,4-5,12H,3,6-11H2,(H,18,21)(H,19,22)/b15-12-. The smallest absolute Gasteiger partial charge is 0.262 e. The zero-order valence-electron chi connectivity index (χ0n) is 13.4. The number of benzene rings is 1. The zero-order valence-corrected chi connectivity index (χ0v) is 14.2. The minimum Gasteiger partial charge on any atom is -0.379 e. The Balaban J connectivity index is 1.45. The molecule has 24 heavy (non-hydrogen) atoms. The second kappa shape index (κ2) is 8.32. The van der Waals surface area contributed by atoms with Crippen LogP contribution >= 0.6 is 11.8 Å². The number of fused-ring (bicyclic) bond motifs is 1. The van der Waals surface area contributed by atoms with Crippen LogP contribution in [0.2, 0.25) is 0 Å². The summed E-state index contributed by atoms with van der Waals surface area (Å²) in [5.74, 6) is -0.462. The Kier molecular flexibility index (Phi) is 5.90. The van der Waals surface area contributed by atoms with Crippen LogP contribution in [0.4, 0.5) is 5.69 Å². The highest BCUT2D eigenvalue weighted by Gasteiger charge is 2.21. The van der Waals surface area contributed by atoms with Gasteiger partial charge in [-0.3, -0.25) is 14.5 Å². The number of amides is 2. The number of hydrogen-bond donors (Lipinski definition) is 2. The third-order valence-corrected chi connectivity index (χ3v) is 4.99. The average Bonchev–Trinajstić information content (AvgIpc) is 2.60. The molecule has 2 amide bonds. The molecule has 0 atom stereocenters.